The zero-order valence-electron chi connectivity index (χ0n) is 9.47. The van der Waals surface area contributed by atoms with E-state index in [2.05, 4.69) is 14.8 Å². The van der Waals surface area contributed by atoms with E-state index in [1.165, 1.54) is 18.2 Å². The molecule has 102 valence electrons. The number of carbonyl (C=O) groups excluding carboxylic acids is 1. The zero-order valence-corrected chi connectivity index (χ0v) is 10.3. The Hall–Kier alpha value is -2.17. The van der Waals surface area contributed by atoms with Gasteiger partial charge in [0.15, 0.2) is 0 Å². The number of nitrogens with one attached hydrogen (secondary N) is 3. The molecule has 0 fully saturated rings. The van der Waals surface area contributed by atoms with Gasteiger partial charge in [0.05, 0.1) is 15.9 Å². The minimum absolute atomic E-state index is 0.125. The Morgan fingerprint density at radius 1 is 1.32 bits per heavy atom. The smallest absolute Gasteiger partial charge is 0.323 e. The molecule has 1 aromatic heterocycles. The van der Waals surface area contributed by atoms with E-state index >= 15 is 0 Å². The third-order valence-electron chi connectivity index (χ3n) is 2.18. The second kappa shape index (κ2) is 4.84. The summed E-state index contributed by atoms with van der Waals surface area (Å²) in [7, 11) is -3.95. The second-order valence-corrected chi connectivity index (χ2v) is 5.27. The molecule has 0 unspecified atom stereocenters. The van der Waals surface area contributed by atoms with Crippen LogP contribution in [0.15, 0.2) is 27.9 Å². The average Bonchev–Trinajstić information content (AvgIpc) is 2.67. The van der Waals surface area contributed by atoms with Crippen LogP contribution in [0.25, 0.3) is 11.0 Å². The Kier molecular flexibility index (Phi) is 3.38. The van der Waals surface area contributed by atoms with Crippen molar-refractivity contribution in [3.8, 4) is 0 Å². The summed E-state index contributed by atoms with van der Waals surface area (Å²) in [6, 6.07) is 3.96. The maximum Gasteiger partial charge on any atom is 0.323 e. The first-order valence-electron chi connectivity index (χ1n) is 5.02. The van der Waals surface area contributed by atoms with E-state index < -0.39 is 28.2 Å². The monoisotopic (exact) mass is 286 g/mol. The molecule has 19 heavy (non-hydrogen) atoms. The van der Waals surface area contributed by atoms with Crippen molar-refractivity contribution in [1.29, 1.82) is 0 Å². The molecule has 1 aromatic carbocycles. The fourth-order valence-electron chi connectivity index (χ4n) is 1.41. The van der Waals surface area contributed by atoms with Crippen LogP contribution in [0, 0.1) is 0 Å². The SMILES string of the molecule is NC(=O)CONS(=O)(=O)c1ccc2[nH]c(=O)[nH]c2c1. The molecule has 0 atom stereocenters. The summed E-state index contributed by atoms with van der Waals surface area (Å²) in [5, 5.41) is 0. The van der Waals surface area contributed by atoms with Crippen LogP contribution < -0.4 is 16.3 Å². The number of primary amides is 1. The lowest BCUT2D eigenvalue weighted by Crippen LogP contribution is -2.29. The first-order chi connectivity index (χ1) is 8.88. The number of amides is 1. The number of imidazole rings is 1. The van der Waals surface area contributed by atoms with Crippen LogP contribution in [0.3, 0.4) is 0 Å². The Bertz CT molecular complexity index is 775. The third-order valence-corrected chi connectivity index (χ3v) is 3.39. The number of carbonyl (C=O) groups is 1. The van der Waals surface area contributed by atoms with Crippen molar-refractivity contribution in [1.82, 2.24) is 14.9 Å². The van der Waals surface area contributed by atoms with Crippen LogP contribution in [-0.2, 0) is 19.7 Å². The van der Waals surface area contributed by atoms with E-state index in [4.69, 9.17) is 5.73 Å². The number of hydrogen-bond acceptors (Lipinski definition) is 5. The van der Waals surface area contributed by atoms with E-state index in [0.717, 1.165) is 0 Å². The molecule has 9 nitrogen and oxygen atoms in total. The standard InChI is InChI=1S/C9H10N4O5S/c10-8(14)4-18-13-19(16,17)5-1-2-6-7(3-5)12-9(15)11-6/h1-3,13H,4H2,(H2,10,14)(H2,11,12,15). The van der Waals surface area contributed by atoms with Crippen LogP contribution in [0.2, 0.25) is 0 Å². The van der Waals surface area contributed by atoms with Gasteiger partial charge in [0.2, 0.25) is 5.91 Å². The maximum atomic E-state index is 11.8. The van der Waals surface area contributed by atoms with Gasteiger partial charge in [-0.05, 0) is 18.2 Å². The van der Waals surface area contributed by atoms with Crippen molar-refractivity contribution >= 4 is 27.0 Å². The van der Waals surface area contributed by atoms with Crippen LogP contribution in [-0.4, -0.2) is 30.9 Å². The lowest BCUT2D eigenvalue weighted by Gasteiger charge is -2.05. The quantitative estimate of drug-likeness (QED) is 0.496. The molecular weight excluding hydrogens is 276 g/mol. The predicted molar refractivity (Wildman–Crippen MR) is 64.4 cm³/mol. The molecule has 0 saturated carbocycles. The Morgan fingerprint density at radius 3 is 2.68 bits per heavy atom. The van der Waals surface area contributed by atoms with Gasteiger partial charge in [0.1, 0.15) is 6.61 Å². The molecule has 1 amide bonds. The molecule has 0 spiro atoms. The first kappa shape index (κ1) is 13.3. The molecule has 10 heteroatoms. The molecule has 0 radical (unpaired) electrons. The molecule has 2 aromatic rings. The van der Waals surface area contributed by atoms with Gasteiger partial charge in [-0.1, -0.05) is 4.89 Å². The highest BCUT2D eigenvalue weighted by molar-refractivity contribution is 7.89. The minimum atomic E-state index is -3.95. The third kappa shape index (κ3) is 2.99. The highest BCUT2D eigenvalue weighted by Gasteiger charge is 2.15. The topological polar surface area (TPSA) is 147 Å². The van der Waals surface area contributed by atoms with Crippen LogP contribution in [0.4, 0.5) is 0 Å². The molecule has 1 heterocycles. The van der Waals surface area contributed by atoms with Gasteiger partial charge in [-0.15, -0.1) is 0 Å². The number of fused-ring (bicyclic) bond motifs is 1. The molecule has 2 rings (SSSR count). The van der Waals surface area contributed by atoms with Crippen LogP contribution in [0.5, 0.6) is 0 Å². The highest BCUT2D eigenvalue weighted by atomic mass is 32.2. The number of nitrogens with two attached hydrogens (primary N) is 1. The van der Waals surface area contributed by atoms with Crippen molar-refractivity contribution in [3.05, 3.63) is 28.7 Å². The average molecular weight is 286 g/mol. The summed E-state index contributed by atoms with van der Waals surface area (Å²) in [5.41, 5.74) is 5.16. The van der Waals surface area contributed by atoms with Crippen molar-refractivity contribution in [3.63, 3.8) is 0 Å². The number of rotatable bonds is 5. The number of sulfonamides is 1. The van der Waals surface area contributed by atoms with Gasteiger partial charge in [-0.25, -0.2) is 13.2 Å². The lowest BCUT2D eigenvalue weighted by molar-refractivity contribution is -0.123. The lowest BCUT2D eigenvalue weighted by atomic mass is 10.3. The highest BCUT2D eigenvalue weighted by Crippen LogP contribution is 2.14. The fourth-order valence-corrected chi connectivity index (χ4v) is 2.24. The summed E-state index contributed by atoms with van der Waals surface area (Å²) in [6.45, 7) is -0.581. The van der Waals surface area contributed by atoms with Crippen LogP contribution in [0.1, 0.15) is 0 Å². The van der Waals surface area contributed by atoms with E-state index in [-0.39, 0.29) is 4.90 Å². The summed E-state index contributed by atoms with van der Waals surface area (Å²) in [5.74, 6) is -0.812. The number of benzene rings is 1. The van der Waals surface area contributed by atoms with Crippen LogP contribution >= 0.6 is 0 Å². The summed E-state index contributed by atoms with van der Waals surface area (Å²) < 4.78 is 23.5. The first-order valence-corrected chi connectivity index (χ1v) is 6.51. The summed E-state index contributed by atoms with van der Waals surface area (Å²) >= 11 is 0. The van der Waals surface area contributed by atoms with Gasteiger partial charge >= 0.3 is 5.69 Å². The van der Waals surface area contributed by atoms with Gasteiger partial charge in [0, 0.05) is 0 Å². The minimum Gasteiger partial charge on any atom is -0.368 e. The molecular formula is C9H10N4O5S. The largest absolute Gasteiger partial charge is 0.368 e. The van der Waals surface area contributed by atoms with E-state index in [1.54, 1.807) is 4.89 Å². The van der Waals surface area contributed by atoms with E-state index in [9.17, 15) is 18.0 Å². The Balaban J connectivity index is 2.26. The number of H-pyrrole nitrogens is 2. The molecule has 0 aliphatic carbocycles. The normalized spacial score (nSPS) is 11.8. The van der Waals surface area contributed by atoms with Crippen molar-refractivity contribution in [2.45, 2.75) is 4.90 Å². The molecule has 0 aliphatic rings. The number of aromatic nitrogens is 2. The number of hydrogen-bond donors (Lipinski definition) is 4. The van der Waals surface area contributed by atoms with E-state index in [0.29, 0.717) is 11.0 Å². The van der Waals surface area contributed by atoms with Gasteiger partial charge in [-0.2, -0.15) is 0 Å². The fraction of sp³-hybridized carbons (Fsp3) is 0.111. The van der Waals surface area contributed by atoms with Gasteiger partial charge in [0.25, 0.3) is 10.0 Å². The van der Waals surface area contributed by atoms with Gasteiger partial charge in [-0.3, -0.25) is 9.63 Å². The Morgan fingerprint density at radius 2 is 2.00 bits per heavy atom. The summed E-state index contributed by atoms with van der Waals surface area (Å²) in [4.78, 5) is 32.4. The maximum absolute atomic E-state index is 11.8. The Labute approximate surface area is 106 Å². The zero-order chi connectivity index (χ0) is 14.0. The van der Waals surface area contributed by atoms with Crippen molar-refractivity contribution in [2.24, 2.45) is 5.73 Å². The van der Waals surface area contributed by atoms with Gasteiger partial charge < -0.3 is 15.7 Å². The molecule has 0 bridgehead atoms. The summed E-state index contributed by atoms with van der Waals surface area (Å²) in [6.07, 6.45) is 0. The predicted octanol–water partition coefficient (Wildman–Crippen LogP) is -1.45. The van der Waals surface area contributed by atoms with E-state index in [1.807, 2.05) is 0 Å². The number of aromatic amines is 2. The van der Waals surface area contributed by atoms with Crippen molar-refractivity contribution in [2.75, 3.05) is 6.61 Å². The molecule has 0 aliphatic heterocycles. The molecule has 0 saturated heterocycles. The second-order valence-electron chi connectivity index (χ2n) is 3.63. The molecule has 5 N–H and O–H groups in total. The van der Waals surface area contributed by atoms with Crippen molar-refractivity contribution < 1.29 is 18.0 Å².